The van der Waals surface area contributed by atoms with Gasteiger partial charge in [-0.15, -0.1) is 5.70 Å². The van der Waals surface area contributed by atoms with Crippen LogP contribution in [0.1, 0.15) is 63.9 Å². The fourth-order valence-corrected chi connectivity index (χ4v) is 5.83. The summed E-state index contributed by atoms with van der Waals surface area (Å²) < 4.78 is 52.7. The number of carbonyl (C=O) groups is 3. The van der Waals surface area contributed by atoms with Crippen LogP contribution < -0.4 is 19.1 Å². The molecule has 0 amide bonds. The van der Waals surface area contributed by atoms with Gasteiger partial charge in [0.25, 0.3) is 19.4 Å². The Labute approximate surface area is 415 Å². The van der Waals surface area contributed by atoms with Crippen LogP contribution >= 0.6 is 12.2 Å². The molecule has 4 heterocycles. The fourth-order valence-electron chi connectivity index (χ4n) is 5.83. The van der Waals surface area contributed by atoms with Gasteiger partial charge in [0, 0.05) is 60.2 Å². The van der Waals surface area contributed by atoms with Gasteiger partial charge in [0.2, 0.25) is 0 Å². The molecule has 0 aliphatic heterocycles. The zero-order valence-electron chi connectivity index (χ0n) is 37.8. The molecule has 4 aromatic heterocycles. The third-order valence-electron chi connectivity index (χ3n) is 9.26. The molecule has 2 N–H and O–H groups in total. The molecule has 0 saturated carbocycles. The Kier molecular flexibility index (Phi) is 20.4. The number of halogens is 3. The van der Waals surface area contributed by atoms with Gasteiger partial charge in [-0.2, -0.15) is 18.3 Å². The standard InChI is InChI=1S/C31H32F3N4.C18H11N3O6.CNS.Ru/c1-29(2,3)22-7-11-24(12-8-22)38(25-13-9-23(10-14-25)30(4,5)6)18-16-21-15-17-37-27(19-21)26(35)20-28(36)31(32,33)34;22-9-25-12-1-3-19-15(5-12)17-7-14(27-11-24)8-18(21-17)16-6-13(26-10-23)2-4-20-16;2-1-3;/h7-15,17,19-20,35-36H,1-6H3;1-11H;;/q-1;;-1;+2/b26-20-,36-28?;;;. The molecule has 0 saturated heterocycles. The molecular weight excluding hydrogens is 999 g/mol. The molecule has 0 aliphatic rings. The average Bonchev–Trinajstić information content (AvgIpc) is 3.29. The van der Waals surface area contributed by atoms with Crippen molar-refractivity contribution in [1.29, 1.82) is 5.41 Å². The van der Waals surface area contributed by atoms with E-state index in [1.54, 1.807) is 6.07 Å². The molecule has 0 unspecified atom stereocenters. The Morgan fingerprint density at radius 2 is 1.07 bits per heavy atom. The second kappa shape index (κ2) is 25.4. The second-order valence-electron chi connectivity index (χ2n) is 16.1. The topological polar surface area (TPSA) is 204 Å². The third kappa shape index (κ3) is 16.8. The number of anilines is 2. The number of thiocarbonyl (C=S) groups is 1. The number of carbonyl (C=O) groups excluding carboxylic acids is 3. The number of hydrogen-bond donors (Lipinski definition) is 1. The van der Waals surface area contributed by atoms with Crippen LogP contribution in [0, 0.1) is 17.4 Å². The summed E-state index contributed by atoms with van der Waals surface area (Å²) in [6, 6.07) is 31.6. The molecule has 0 bridgehead atoms. The van der Waals surface area contributed by atoms with Gasteiger partial charge in [-0.1, -0.05) is 78.0 Å². The van der Waals surface area contributed by atoms with Crippen LogP contribution in [0.4, 0.5) is 24.5 Å². The zero-order valence-corrected chi connectivity index (χ0v) is 40.4. The summed E-state index contributed by atoms with van der Waals surface area (Å²) >= 11 is 3.70. The molecule has 19 heteroatoms. The number of allylic oxidation sites excluding steroid dienone is 1. The molecule has 2 aromatic carbocycles. The molecule has 14 nitrogen and oxygen atoms in total. The largest absolute Gasteiger partial charge is 2.00 e. The van der Waals surface area contributed by atoms with E-state index in [0.717, 1.165) is 11.4 Å². The summed E-state index contributed by atoms with van der Waals surface area (Å²) in [4.78, 5) is 50.5. The van der Waals surface area contributed by atoms with Crippen LogP contribution in [0.3, 0.4) is 0 Å². The maximum Gasteiger partial charge on any atom is 2.00 e. The predicted molar refractivity (Wildman–Crippen MR) is 256 cm³/mol. The SMILES string of the molecule is CC(C)(C)c1ccc(N(C#Cc2ccnc(/C([NH-])=C/C(=N)C(F)(F)F)c2)c2ccc(C(C)(C)C)cc2)cc1.O=COc1ccnc(-c2cc(OC=O)cc(-c3cc(OC=O)ccn3)n2)c1.[N-]=C=S.[Ru+2]. The van der Waals surface area contributed by atoms with E-state index >= 15 is 0 Å². The Morgan fingerprint density at radius 1 is 0.667 bits per heavy atom. The Morgan fingerprint density at radius 3 is 1.48 bits per heavy atom. The number of alkyl halides is 3. The minimum Gasteiger partial charge on any atom is -0.753 e. The van der Waals surface area contributed by atoms with E-state index in [1.807, 2.05) is 29.2 Å². The summed E-state index contributed by atoms with van der Waals surface area (Å²) in [7, 11) is 0. The number of nitrogens with zero attached hydrogens (tertiary/aromatic N) is 6. The molecule has 0 radical (unpaired) electrons. The van der Waals surface area contributed by atoms with E-state index in [-0.39, 0.29) is 59.7 Å². The normalized spacial score (nSPS) is 10.9. The predicted octanol–water partition coefficient (Wildman–Crippen LogP) is 11.3. The maximum absolute atomic E-state index is 12.7. The van der Waals surface area contributed by atoms with Crippen LogP contribution in [-0.4, -0.2) is 56.4 Å². The number of hydrogen-bond acceptors (Lipinski definition) is 13. The van der Waals surface area contributed by atoms with E-state index in [4.69, 9.17) is 30.8 Å². The molecule has 0 aliphatic carbocycles. The number of nitrogens with one attached hydrogen (secondary N) is 2. The van der Waals surface area contributed by atoms with Gasteiger partial charge in [-0.05, 0) is 82.5 Å². The molecule has 6 aromatic rings. The van der Waals surface area contributed by atoms with Crippen molar-refractivity contribution in [3.05, 3.63) is 155 Å². The number of rotatable bonds is 12. The molecule has 69 heavy (non-hydrogen) atoms. The van der Waals surface area contributed by atoms with Gasteiger partial charge < -0.3 is 25.4 Å². The van der Waals surface area contributed by atoms with Crippen molar-refractivity contribution in [2.75, 3.05) is 4.90 Å². The number of ether oxygens (including phenoxy) is 3. The first kappa shape index (κ1) is 55.6. The van der Waals surface area contributed by atoms with Crippen LogP contribution in [0.2, 0.25) is 0 Å². The second-order valence-corrected chi connectivity index (χ2v) is 16.3. The minimum atomic E-state index is -4.82. The molecule has 354 valence electrons. The van der Waals surface area contributed by atoms with Crippen LogP contribution in [0.5, 0.6) is 17.2 Å². The fraction of sp³-hybridized carbons (Fsp3) is 0.180. The zero-order chi connectivity index (χ0) is 50.1. The molecular formula is C50H43F3N8O6RuS. The molecule has 0 fully saturated rings. The first-order valence-corrected chi connectivity index (χ1v) is 20.5. The van der Waals surface area contributed by atoms with Crippen molar-refractivity contribution in [2.24, 2.45) is 0 Å². The summed E-state index contributed by atoms with van der Waals surface area (Å²) in [6.07, 6.45) is -0.104. The quantitative estimate of drug-likeness (QED) is 0.0304. The summed E-state index contributed by atoms with van der Waals surface area (Å²) in [5.74, 6) is 3.82. The average molecular weight is 1040 g/mol. The summed E-state index contributed by atoms with van der Waals surface area (Å²) in [6.45, 7) is 13.8. The van der Waals surface area contributed by atoms with Gasteiger partial charge in [-0.25, -0.2) is 4.98 Å². The number of benzene rings is 2. The van der Waals surface area contributed by atoms with E-state index in [1.165, 1.54) is 77.3 Å². The summed E-state index contributed by atoms with van der Waals surface area (Å²) in [5, 5.41) is 15.6. The Bertz CT molecular complexity index is 2740. The number of pyridine rings is 4. The van der Waals surface area contributed by atoms with Crippen molar-refractivity contribution >= 4 is 59.6 Å². The van der Waals surface area contributed by atoms with Crippen molar-refractivity contribution in [1.82, 2.24) is 19.9 Å². The summed E-state index contributed by atoms with van der Waals surface area (Å²) in [5.41, 5.74) is 11.9. The van der Waals surface area contributed by atoms with Crippen LogP contribution in [-0.2, 0) is 44.7 Å². The van der Waals surface area contributed by atoms with E-state index in [0.29, 0.717) is 47.4 Å². The van der Waals surface area contributed by atoms with Crippen LogP contribution in [0.15, 0.2) is 122 Å². The monoisotopic (exact) mass is 1040 g/mol. The van der Waals surface area contributed by atoms with Crippen molar-refractivity contribution in [2.45, 2.75) is 58.5 Å². The van der Waals surface area contributed by atoms with E-state index in [9.17, 15) is 27.6 Å². The van der Waals surface area contributed by atoms with Gasteiger partial charge in [-0.3, -0.25) is 39.6 Å². The Hall–Kier alpha value is -7.77. The van der Waals surface area contributed by atoms with E-state index in [2.05, 4.69) is 110 Å². The van der Waals surface area contributed by atoms with E-state index < -0.39 is 17.6 Å². The van der Waals surface area contributed by atoms with Gasteiger partial charge in [0.1, 0.15) is 23.0 Å². The number of aromatic nitrogens is 4. The molecule has 0 atom stereocenters. The van der Waals surface area contributed by atoms with Crippen LogP contribution in [0.25, 0.3) is 39.6 Å². The van der Waals surface area contributed by atoms with Crippen molar-refractivity contribution in [3.63, 3.8) is 0 Å². The Balaban J connectivity index is 0.000000357. The van der Waals surface area contributed by atoms with Crippen molar-refractivity contribution in [3.8, 4) is 52.0 Å². The number of isothiocyanates is 1. The first-order chi connectivity index (χ1) is 32.2. The van der Waals surface area contributed by atoms with Gasteiger partial charge in [0.15, 0.2) is 0 Å². The smallest absolute Gasteiger partial charge is 0.753 e. The molecule has 6 rings (SSSR count). The van der Waals surface area contributed by atoms with Gasteiger partial charge in [0.05, 0.1) is 34.2 Å². The maximum atomic E-state index is 12.7. The van der Waals surface area contributed by atoms with Crippen molar-refractivity contribution < 1.29 is 61.2 Å². The third-order valence-corrected chi connectivity index (χ3v) is 9.26. The molecule has 0 spiro atoms. The van der Waals surface area contributed by atoms with Gasteiger partial charge >= 0.3 is 25.7 Å². The minimum absolute atomic E-state index is 0. The first-order valence-electron chi connectivity index (χ1n) is 20.1.